The predicted octanol–water partition coefficient (Wildman–Crippen LogP) is 7.13. The largest absolute Gasteiger partial charge is 0.368 e. The van der Waals surface area contributed by atoms with Gasteiger partial charge in [-0.1, -0.05) is 106 Å². The maximum Gasteiger partial charge on any atom is 0.0707 e. The van der Waals surface area contributed by atoms with E-state index in [0.29, 0.717) is 23.4 Å². The van der Waals surface area contributed by atoms with Gasteiger partial charge in [-0.05, 0) is 55.2 Å². The Balaban J connectivity index is 1.71. The van der Waals surface area contributed by atoms with Gasteiger partial charge in [0, 0.05) is 21.0 Å². The molecule has 0 saturated heterocycles. The second kappa shape index (κ2) is 10.6. The molecule has 1 aliphatic carbocycles. The number of rotatable bonds is 6. The van der Waals surface area contributed by atoms with Crippen LogP contribution in [0, 0.1) is 17.8 Å². The molecule has 0 amide bonds. The Hall–Kier alpha value is -1.56. The molecule has 176 valence electrons. The van der Waals surface area contributed by atoms with Crippen molar-refractivity contribution in [2.45, 2.75) is 45.7 Å². The monoisotopic (exact) mass is 504 g/mol. The van der Waals surface area contributed by atoms with Gasteiger partial charge in [0.05, 0.1) is 12.8 Å². The van der Waals surface area contributed by atoms with E-state index in [1.165, 1.54) is 43.5 Å². The summed E-state index contributed by atoms with van der Waals surface area (Å²) in [6, 6.07) is 30.7. The van der Waals surface area contributed by atoms with Crippen LogP contribution in [0.15, 0.2) is 84.9 Å². The molecule has 0 aliphatic heterocycles. The fourth-order valence-electron chi connectivity index (χ4n) is 5.54. The van der Waals surface area contributed by atoms with Crippen molar-refractivity contribution in [1.29, 1.82) is 0 Å². The summed E-state index contributed by atoms with van der Waals surface area (Å²) in [5.41, 5.74) is 0.383. The van der Waals surface area contributed by atoms with Crippen LogP contribution < -0.4 is 20.5 Å². The first-order valence-corrected chi connectivity index (χ1v) is 16.0. The molecule has 1 aromatic heterocycles. The molecule has 1 N–H and O–H groups in total. The summed E-state index contributed by atoms with van der Waals surface area (Å²) in [5.74, 6) is 1.90. The minimum absolute atomic E-state index is 0.383. The zero-order valence-corrected chi connectivity index (χ0v) is 22.9. The van der Waals surface area contributed by atoms with Crippen LogP contribution in [-0.4, -0.2) is 10.6 Å². The van der Waals surface area contributed by atoms with E-state index in [1.807, 2.05) is 11.3 Å². The molecule has 0 spiro atoms. The Morgan fingerprint density at radius 1 is 0.824 bits per heavy atom. The van der Waals surface area contributed by atoms with E-state index in [2.05, 4.69) is 106 Å². The zero-order valence-electron chi connectivity index (χ0n) is 20.3. The first-order chi connectivity index (χ1) is 16.5. The van der Waals surface area contributed by atoms with Crippen LogP contribution in [0.25, 0.3) is 10.1 Å². The lowest BCUT2D eigenvalue weighted by atomic mass is 9.77. The third kappa shape index (κ3) is 4.76. The van der Waals surface area contributed by atoms with Crippen molar-refractivity contribution < 1.29 is 4.89 Å². The molecule has 1 saturated carbocycles. The van der Waals surface area contributed by atoms with E-state index in [-0.39, 0.29) is 0 Å². The third-order valence-corrected chi connectivity index (χ3v) is 13.9. The average Bonchev–Trinajstić information content (AvgIpc) is 3.24. The second-order valence-electron chi connectivity index (χ2n) is 10.00. The summed E-state index contributed by atoms with van der Waals surface area (Å²) in [5, 5.41) is 5.43. The smallest absolute Gasteiger partial charge is 0.0707 e. The van der Waals surface area contributed by atoms with Crippen LogP contribution in [0.1, 0.15) is 40.0 Å². The maximum atomic E-state index is 12.2. The second-order valence-corrected chi connectivity index (χ2v) is 15.3. The van der Waals surface area contributed by atoms with E-state index in [9.17, 15) is 4.89 Å². The number of thiophene rings is 1. The van der Waals surface area contributed by atoms with Crippen LogP contribution in [0.3, 0.4) is 0 Å². The summed E-state index contributed by atoms with van der Waals surface area (Å²) in [7, 11) is -2.00. The van der Waals surface area contributed by atoms with Crippen LogP contribution in [0.5, 0.6) is 0 Å². The molecule has 3 aromatic carbocycles. The lowest BCUT2D eigenvalue weighted by molar-refractivity contribution is 0.236. The van der Waals surface area contributed by atoms with Gasteiger partial charge in [-0.2, -0.15) is 0 Å². The Labute approximate surface area is 210 Å². The summed E-state index contributed by atoms with van der Waals surface area (Å²) in [4.78, 5) is 12.2. The summed E-state index contributed by atoms with van der Waals surface area (Å²) >= 11 is 1.85. The van der Waals surface area contributed by atoms with Crippen molar-refractivity contribution in [3.63, 3.8) is 0 Å². The number of hydrogen-bond acceptors (Lipinski definition) is 2. The highest BCUT2D eigenvalue weighted by Gasteiger charge is 2.39. The molecule has 1 unspecified atom stereocenters. The van der Waals surface area contributed by atoms with Gasteiger partial charge in [-0.15, -0.1) is 11.3 Å². The minimum Gasteiger partial charge on any atom is -0.368 e. The quantitative estimate of drug-likeness (QED) is 0.277. The van der Waals surface area contributed by atoms with Crippen LogP contribution in [-0.2, 0) is 0 Å². The van der Waals surface area contributed by atoms with Crippen molar-refractivity contribution >= 4 is 58.0 Å². The molecule has 1 fully saturated rings. The van der Waals surface area contributed by atoms with Gasteiger partial charge in [0.25, 0.3) is 0 Å². The van der Waals surface area contributed by atoms with Crippen LogP contribution >= 0.6 is 27.4 Å². The van der Waals surface area contributed by atoms with Crippen molar-refractivity contribution in [1.82, 2.24) is 0 Å². The first-order valence-electron chi connectivity index (χ1n) is 12.4. The Bertz CT molecular complexity index is 1180. The van der Waals surface area contributed by atoms with E-state index < -0.39 is 16.1 Å². The van der Waals surface area contributed by atoms with Crippen molar-refractivity contribution in [2.24, 2.45) is 17.8 Å². The zero-order chi connectivity index (χ0) is 23.7. The molecule has 1 aliphatic rings. The minimum atomic E-state index is -1.24. The molecule has 4 heteroatoms. The fourth-order valence-corrected chi connectivity index (χ4v) is 13.0. The average molecular weight is 505 g/mol. The standard InChI is InChI=1S/C30H34OP2S/c1-21(2)25-19-18-22(3)20-27(25)33(31)30-29(26-16-10-11-17-28(26)34-30)32(23-12-6-4-7-13-23)24-14-8-5-9-15-24/h4-17,21-22,25,27,31H,18-20H2,1-3H3/t22-,25+,27-,33?/m1/s1. The molecule has 1 heterocycles. The Morgan fingerprint density at radius 3 is 2.03 bits per heavy atom. The van der Waals surface area contributed by atoms with E-state index in [0.717, 1.165) is 6.42 Å². The molecular weight excluding hydrogens is 470 g/mol. The first kappa shape index (κ1) is 24.1. The topological polar surface area (TPSA) is 20.2 Å². The molecule has 34 heavy (non-hydrogen) atoms. The number of hydrogen-bond donors (Lipinski definition) is 1. The summed E-state index contributed by atoms with van der Waals surface area (Å²) in [6.45, 7) is 7.08. The van der Waals surface area contributed by atoms with E-state index in [1.54, 1.807) is 0 Å². The Morgan fingerprint density at radius 2 is 1.41 bits per heavy atom. The van der Waals surface area contributed by atoms with Crippen molar-refractivity contribution in [3.05, 3.63) is 84.9 Å². The Kier molecular flexibility index (Phi) is 7.52. The van der Waals surface area contributed by atoms with Gasteiger partial charge < -0.3 is 4.89 Å². The molecule has 1 nitrogen and oxygen atoms in total. The molecule has 4 aromatic rings. The third-order valence-electron chi connectivity index (χ3n) is 7.31. The molecule has 5 rings (SSSR count). The molecular formula is C30H34OP2S. The van der Waals surface area contributed by atoms with Crippen LogP contribution in [0.4, 0.5) is 0 Å². The van der Waals surface area contributed by atoms with Gasteiger partial charge in [-0.25, -0.2) is 0 Å². The van der Waals surface area contributed by atoms with E-state index in [4.69, 9.17) is 0 Å². The van der Waals surface area contributed by atoms with Gasteiger partial charge in [0.1, 0.15) is 0 Å². The van der Waals surface area contributed by atoms with Crippen LogP contribution in [0.2, 0.25) is 0 Å². The van der Waals surface area contributed by atoms with Gasteiger partial charge in [0.15, 0.2) is 0 Å². The molecule has 0 bridgehead atoms. The van der Waals surface area contributed by atoms with Crippen molar-refractivity contribution in [3.8, 4) is 0 Å². The van der Waals surface area contributed by atoms with Crippen molar-refractivity contribution in [2.75, 3.05) is 0 Å². The molecule has 4 atom stereocenters. The van der Waals surface area contributed by atoms with Gasteiger partial charge >= 0.3 is 0 Å². The highest BCUT2D eigenvalue weighted by Crippen LogP contribution is 2.53. The highest BCUT2D eigenvalue weighted by atomic mass is 32.1. The molecule has 0 radical (unpaired) electrons. The fraction of sp³-hybridized carbons (Fsp3) is 0.333. The predicted molar refractivity (Wildman–Crippen MR) is 154 cm³/mol. The SMILES string of the molecule is CC(C)[C@@H]1CC[C@@H](C)C[C@H]1P(O)c1sc2ccccc2c1P(c1ccccc1)c1ccccc1. The highest BCUT2D eigenvalue weighted by molar-refractivity contribution is 7.83. The van der Waals surface area contributed by atoms with Gasteiger partial charge in [0.2, 0.25) is 0 Å². The number of benzene rings is 3. The lowest BCUT2D eigenvalue weighted by Crippen LogP contribution is -2.36. The van der Waals surface area contributed by atoms with Gasteiger partial charge in [-0.3, -0.25) is 0 Å². The summed E-state index contributed by atoms with van der Waals surface area (Å²) in [6.07, 6.45) is 3.69. The maximum absolute atomic E-state index is 12.2. The number of fused-ring (bicyclic) bond motifs is 1. The normalized spacial score (nSPS) is 21.9. The lowest BCUT2D eigenvalue weighted by Gasteiger charge is -2.40. The van der Waals surface area contributed by atoms with E-state index >= 15 is 0 Å². The summed E-state index contributed by atoms with van der Waals surface area (Å²) < 4.78 is 2.57.